The molecule has 1 heterocycles. The molecule has 0 aliphatic heterocycles. The number of aromatic nitrogens is 1. The van der Waals surface area contributed by atoms with Crippen molar-refractivity contribution in [2.24, 2.45) is 0 Å². The Morgan fingerprint density at radius 2 is 2.00 bits per heavy atom. The van der Waals surface area contributed by atoms with Gasteiger partial charge in [0, 0.05) is 11.9 Å². The Morgan fingerprint density at radius 3 is 2.58 bits per heavy atom. The first kappa shape index (κ1) is 17.3. The van der Waals surface area contributed by atoms with Crippen LogP contribution in [-0.4, -0.2) is 28.1 Å². The quantitative estimate of drug-likeness (QED) is 0.870. The van der Waals surface area contributed by atoms with Crippen LogP contribution in [0.2, 0.25) is 0 Å². The van der Waals surface area contributed by atoms with Gasteiger partial charge < -0.3 is 10.4 Å². The van der Waals surface area contributed by atoms with E-state index in [0.29, 0.717) is 29.4 Å². The zero-order valence-electron chi connectivity index (χ0n) is 14.3. The molecule has 26 heavy (non-hydrogen) atoms. The summed E-state index contributed by atoms with van der Waals surface area (Å²) in [4.78, 5) is 16.3. The van der Waals surface area contributed by atoms with Gasteiger partial charge in [-0.15, -0.1) is 0 Å². The topological polar surface area (TPSA) is 62.2 Å². The van der Waals surface area contributed by atoms with Crippen molar-refractivity contribution in [1.82, 2.24) is 10.3 Å². The van der Waals surface area contributed by atoms with E-state index in [1.807, 2.05) is 0 Å². The van der Waals surface area contributed by atoms with E-state index in [4.69, 9.17) is 0 Å². The Balaban J connectivity index is 1.77. The lowest BCUT2D eigenvalue weighted by Gasteiger charge is -2.15. The SMILES string of the molecule is Cc1cc(C(=O)NCC2(O)CC2)nc2c(C(F)(F)F)cc(C3CC3)cc12. The van der Waals surface area contributed by atoms with Crippen molar-refractivity contribution in [2.45, 2.75) is 50.3 Å². The zero-order valence-corrected chi connectivity index (χ0v) is 14.3. The molecule has 2 N–H and O–H groups in total. The van der Waals surface area contributed by atoms with Crippen LogP contribution in [0.15, 0.2) is 18.2 Å². The largest absolute Gasteiger partial charge is 0.418 e. The van der Waals surface area contributed by atoms with E-state index < -0.39 is 23.2 Å². The summed E-state index contributed by atoms with van der Waals surface area (Å²) in [6.07, 6.45) is -1.52. The summed E-state index contributed by atoms with van der Waals surface area (Å²) in [5.41, 5.74) is -0.671. The number of alkyl halides is 3. The van der Waals surface area contributed by atoms with Gasteiger partial charge >= 0.3 is 6.18 Å². The molecule has 0 bridgehead atoms. The first-order valence-corrected chi connectivity index (χ1v) is 8.69. The monoisotopic (exact) mass is 364 g/mol. The van der Waals surface area contributed by atoms with Crippen LogP contribution in [-0.2, 0) is 6.18 Å². The van der Waals surface area contributed by atoms with Crippen molar-refractivity contribution >= 4 is 16.8 Å². The van der Waals surface area contributed by atoms with E-state index in [1.165, 1.54) is 12.1 Å². The van der Waals surface area contributed by atoms with Gasteiger partial charge in [-0.25, -0.2) is 4.98 Å². The van der Waals surface area contributed by atoms with E-state index >= 15 is 0 Å². The average molecular weight is 364 g/mol. The molecular formula is C19H19F3N2O2. The van der Waals surface area contributed by atoms with Crippen molar-refractivity contribution in [3.05, 3.63) is 40.6 Å². The zero-order chi connectivity index (χ0) is 18.7. The summed E-state index contributed by atoms with van der Waals surface area (Å²) < 4.78 is 40.8. The number of fused-ring (bicyclic) bond motifs is 1. The molecule has 2 fully saturated rings. The predicted octanol–water partition coefficient (Wildman–Crippen LogP) is 3.69. The molecule has 1 amide bonds. The number of nitrogens with one attached hydrogen (secondary N) is 1. The third kappa shape index (κ3) is 3.28. The lowest BCUT2D eigenvalue weighted by Crippen LogP contribution is -2.33. The summed E-state index contributed by atoms with van der Waals surface area (Å²) in [7, 11) is 0. The van der Waals surface area contributed by atoms with Crippen LogP contribution >= 0.6 is 0 Å². The highest BCUT2D eigenvalue weighted by molar-refractivity contribution is 5.97. The molecule has 7 heteroatoms. The summed E-state index contributed by atoms with van der Waals surface area (Å²) in [6.45, 7) is 1.77. The van der Waals surface area contributed by atoms with Gasteiger partial charge in [-0.05, 0) is 67.9 Å². The van der Waals surface area contributed by atoms with Crippen LogP contribution in [0, 0.1) is 6.92 Å². The number of pyridine rings is 1. The van der Waals surface area contributed by atoms with Crippen molar-refractivity contribution in [2.75, 3.05) is 6.54 Å². The number of aryl methyl sites for hydroxylation is 1. The Morgan fingerprint density at radius 1 is 1.31 bits per heavy atom. The van der Waals surface area contributed by atoms with Gasteiger partial charge in [0.25, 0.3) is 5.91 Å². The number of amides is 1. The fourth-order valence-corrected chi connectivity index (χ4v) is 3.15. The molecular weight excluding hydrogens is 345 g/mol. The Bertz CT molecular complexity index is 900. The number of nitrogens with zero attached hydrogens (tertiary/aromatic N) is 1. The fourth-order valence-electron chi connectivity index (χ4n) is 3.15. The van der Waals surface area contributed by atoms with E-state index in [-0.39, 0.29) is 23.7 Å². The van der Waals surface area contributed by atoms with Crippen LogP contribution in [0.25, 0.3) is 10.9 Å². The van der Waals surface area contributed by atoms with Crippen LogP contribution in [0.5, 0.6) is 0 Å². The van der Waals surface area contributed by atoms with E-state index in [2.05, 4.69) is 10.3 Å². The smallest absolute Gasteiger partial charge is 0.388 e. The molecule has 0 atom stereocenters. The highest BCUT2D eigenvalue weighted by Crippen LogP contribution is 2.44. The third-order valence-corrected chi connectivity index (χ3v) is 5.13. The van der Waals surface area contributed by atoms with Gasteiger partial charge in [0.05, 0.1) is 16.7 Å². The number of benzene rings is 1. The van der Waals surface area contributed by atoms with Gasteiger partial charge in [-0.1, -0.05) is 0 Å². The molecule has 0 saturated heterocycles. The normalized spacial score (nSPS) is 18.8. The maximum Gasteiger partial charge on any atom is 0.418 e. The Labute approximate surface area is 148 Å². The highest BCUT2D eigenvalue weighted by Gasteiger charge is 2.40. The second kappa shape index (κ2) is 5.67. The molecule has 0 unspecified atom stereocenters. The Hall–Kier alpha value is -2.15. The lowest BCUT2D eigenvalue weighted by molar-refractivity contribution is -0.136. The van der Waals surface area contributed by atoms with Gasteiger partial charge in [-0.2, -0.15) is 13.2 Å². The van der Waals surface area contributed by atoms with Gasteiger partial charge in [0.1, 0.15) is 5.69 Å². The van der Waals surface area contributed by atoms with Gasteiger partial charge in [-0.3, -0.25) is 4.79 Å². The molecule has 138 valence electrons. The predicted molar refractivity (Wildman–Crippen MR) is 90.0 cm³/mol. The summed E-state index contributed by atoms with van der Waals surface area (Å²) in [5, 5.41) is 12.8. The van der Waals surface area contributed by atoms with Crippen molar-refractivity contribution < 1.29 is 23.1 Å². The lowest BCUT2D eigenvalue weighted by atomic mass is 9.98. The number of hydrogen-bond donors (Lipinski definition) is 2. The molecule has 0 radical (unpaired) electrons. The summed E-state index contributed by atoms with van der Waals surface area (Å²) >= 11 is 0. The minimum absolute atomic E-state index is 0.0658. The van der Waals surface area contributed by atoms with Crippen LogP contribution in [0.1, 0.15) is 58.8 Å². The number of hydrogen-bond acceptors (Lipinski definition) is 3. The summed E-state index contributed by atoms with van der Waals surface area (Å²) in [6, 6.07) is 4.44. The fraction of sp³-hybridized carbons (Fsp3) is 0.474. The van der Waals surface area contributed by atoms with Gasteiger partial charge in [0.2, 0.25) is 0 Å². The number of aliphatic hydroxyl groups is 1. The van der Waals surface area contributed by atoms with Crippen LogP contribution in [0.4, 0.5) is 13.2 Å². The molecule has 4 rings (SSSR count). The Kier molecular flexibility index (Phi) is 3.77. The molecule has 1 aromatic heterocycles. The number of carbonyl (C=O) groups is 1. The van der Waals surface area contributed by atoms with Crippen molar-refractivity contribution in [3.8, 4) is 0 Å². The second-order valence-corrected chi connectivity index (χ2v) is 7.47. The molecule has 2 saturated carbocycles. The molecule has 4 nitrogen and oxygen atoms in total. The minimum atomic E-state index is -4.54. The van der Waals surface area contributed by atoms with Crippen molar-refractivity contribution in [3.63, 3.8) is 0 Å². The first-order valence-electron chi connectivity index (χ1n) is 8.69. The standard InChI is InChI=1S/C19H19F3N2O2/c1-10-6-15(17(25)23-9-18(26)4-5-18)24-16-13(10)7-12(11-2-3-11)8-14(16)19(20,21)22/h6-8,11,26H,2-5,9H2,1H3,(H,23,25). The molecule has 2 aliphatic rings. The number of rotatable bonds is 4. The molecule has 2 aromatic rings. The van der Waals surface area contributed by atoms with Crippen molar-refractivity contribution in [1.29, 1.82) is 0 Å². The third-order valence-electron chi connectivity index (χ3n) is 5.13. The summed E-state index contributed by atoms with van der Waals surface area (Å²) in [5.74, 6) is -0.392. The van der Waals surface area contributed by atoms with Crippen LogP contribution in [0.3, 0.4) is 0 Å². The number of carbonyl (C=O) groups excluding carboxylic acids is 1. The first-order chi connectivity index (χ1) is 12.2. The second-order valence-electron chi connectivity index (χ2n) is 7.47. The maximum atomic E-state index is 13.6. The van der Waals surface area contributed by atoms with E-state index in [9.17, 15) is 23.1 Å². The highest BCUT2D eigenvalue weighted by atomic mass is 19.4. The van der Waals surface area contributed by atoms with Gasteiger partial charge in [0.15, 0.2) is 0 Å². The maximum absolute atomic E-state index is 13.6. The average Bonchev–Trinajstić information content (AvgIpc) is 3.47. The molecule has 1 aromatic carbocycles. The molecule has 2 aliphatic carbocycles. The van der Waals surface area contributed by atoms with Crippen LogP contribution < -0.4 is 5.32 Å². The number of halogens is 3. The van der Waals surface area contributed by atoms with E-state index in [0.717, 1.165) is 12.8 Å². The molecule has 0 spiro atoms. The van der Waals surface area contributed by atoms with E-state index in [1.54, 1.807) is 13.0 Å². The minimum Gasteiger partial charge on any atom is -0.388 e.